The number of benzene rings is 1. The number of fused-ring (bicyclic) bond motifs is 2. The maximum Gasteiger partial charge on any atom is 0.255 e. The highest BCUT2D eigenvalue weighted by molar-refractivity contribution is 6.08. The number of hydrogen-bond donors (Lipinski definition) is 3. The van der Waals surface area contributed by atoms with Crippen LogP contribution >= 0.6 is 0 Å². The van der Waals surface area contributed by atoms with Crippen molar-refractivity contribution in [3.8, 4) is 5.75 Å². The first-order valence-electron chi connectivity index (χ1n) is 6.98. The topological polar surface area (TPSA) is 93.0 Å². The van der Waals surface area contributed by atoms with Gasteiger partial charge in [0.15, 0.2) is 0 Å². The quantitative estimate of drug-likeness (QED) is 0.675. The smallest absolute Gasteiger partial charge is 0.255 e. The first kappa shape index (κ1) is 12.8. The average molecular weight is 294 g/mol. The summed E-state index contributed by atoms with van der Waals surface area (Å²) in [5.74, 6) is 0.488. The number of aromatic amines is 1. The molecule has 110 valence electrons. The van der Waals surface area contributed by atoms with E-state index in [1.165, 1.54) is 0 Å². The van der Waals surface area contributed by atoms with E-state index in [1.807, 2.05) is 12.1 Å². The molecule has 1 atom stereocenters. The summed E-state index contributed by atoms with van der Waals surface area (Å²) in [6.07, 6.45) is 3.44. The largest absolute Gasteiger partial charge is 0.491 e. The number of rotatable bonds is 2. The van der Waals surface area contributed by atoms with Gasteiger partial charge in [0, 0.05) is 28.9 Å². The molecule has 0 saturated carbocycles. The van der Waals surface area contributed by atoms with Crippen LogP contribution in [0.2, 0.25) is 0 Å². The minimum Gasteiger partial charge on any atom is -0.491 e. The molecule has 4 rings (SSSR count). The Morgan fingerprint density at radius 2 is 2.27 bits per heavy atom. The molecule has 1 aromatic carbocycles. The van der Waals surface area contributed by atoms with Crippen molar-refractivity contribution in [2.24, 2.45) is 5.73 Å². The van der Waals surface area contributed by atoms with Gasteiger partial charge in [0.25, 0.3) is 5.91 Å². The van der Waals surface area contributed by atoms with Crippen LogP contribution in [0.25, 0.3) is 11.0 Å². The maximum atomic E-state index is 12.4. The summed E-state index contributed by atoms with van der Waals surface area (Å²) >= 11 is 0. The van der Waals surface area contributed by atoms with Crippen LogP contribution in [0.3, 0.4) is 0 Å². The van der Waals surface area contributed by atoms with E-state index in [0.717, 1.165) is 22.3 Å². The zero-order valence-electron chi connectivity index (χ0n) is 11.7. The lowest BCUT2D eigenvalue weighted by Gasteiger charge is -2.08. The highest BCUT2D eigenvalue weighted by Gasteiger charge is 2.22. The van der Waals surface area contributed by atoms with Gasteiger partial charge in [0.05, 0.1) is 11.7 Å². The Kier molecular flexibility index (Phi) is 2.83. The second-order valence-electron chi connectivity index (χ2n) is 5.22. The van der Waals surface area contributed by atoms with Crippen LogP contribution in [0.1, 0.15) is 22.0 Å². The summed E-state index contributed by atoms with van der Waals surface area (Å²) in [4.78, 5) is 19.6. The van der Waals surface area contributed by atoms with Gasteiger partial charge >= 0.3 is 0 Å². The SMILES string of the molecule is N[C@H]1COc2cc(C(=O)Nc3ccnc4[nH]ccc34)ccc21. The minimum absolute atomic E-state index is 0.119. The number of carbonyl (C=O) groups excluding carboxylic acids is 1. The molecule has 4 N–H and O–H groups in total. The van der Waals surface area contributed by atoms with Crippen LogP contribution in [0, 0.1) is 0 Å². The number of H-pyrrole nitrogens is 1. The van der Waals surface area contributed by atoms with Crippen molar-refractivity contribution in [1.82, 2.24) is 9.97 Å². The monoisotopic (exact) mass is 294 g/mol. The Balaban J connectivity index is 1.64. The van der Waals surface area contributed by atoms with Gasteiger partial charge in [-0.2, -0.15) is 0 Å². The summed E-state index contributed by atoms with van der Waals surface area (Å²) in [5.41, 5.74) is 8.84. The fourth-order valence-corrected chi connectivity index (χ4v) is 2.64. The lowest BCUT2D eigenvalue weighted by Crippen LogP contribution is -2.12. The maximum absolute atomic E-state index is 12.4. The molecular weight excluding hydrogens is 280 g/mol. The second kappa shape index (κ2) is 4.85. The number of nitrogens with two attached hydrogens (primary N) is 1. The van der Waals surface area contributed by atoms with Gasteiger partial charge in [0.1, 0.15) is 18.0 Å². The molecule has 0 unspecified atom stereocenters. The lowest BCUT2D eigenvalue weighted by molar-refractivity contribution is 0.102. The van der Waals surface area contributed by atoms with E-state index >= 15 is 0 Å². The molecule has 6 heteroatoms. The Bertz CT molecular complexity index is 871. The number of amides is 1. The summed E-state index contributed by atoms with van der Waals surface area (Å²) in [6.45, 7) is 0.453. The minimum atomic E-state index is -0.194. The summed E-state index contributed by atoms with van der Waals surface area (Å²) in [6, 6.07) is 8.87. The van der Waals surface area contributed by atoms with Gasteiger partial charge in [-0.3, -0.25) is 4.79 Å². The van der Waals surface area contributed by atoms with Crippen molar-refractivity contribution >= 4 is 22.6 Å². The fraction of sp³-hybridized carbons (Fsp3) is 0.125. The Morgan fingerprint density at radius 1 is 1.36 bits per heavy atom. The van der Waals surface area contributed by atoms with Gasteiger partial charge < -0.3 is 20.8 Å². The third kappa shape index (κ3) is 2.01. The van der Waals surface area contributed by atoms with E-state index in [-0.39, 0.29) is 11.9 Å². The van der Waals surface area contributed by atoms with Crippen molar-refractivity contribution in [3.05, 3.63) is 53.9 Å². The third-order valence-corrected chi connectivity index (χ3v) is 3.80. The molecule has 0 spiro atoms. The molecule has 1 amide bonds. The lowest BCUT2D eigenvalue weighted by atomic mass is 10.1. The van der Waals surface area contributed by atoms with Crippen molar-refractivity contribution in [2.45, 2.75) is 6.04 Å². The summed E-state index contributed by atoms with van der Waals surface area (Å²) < 4.78 is 5.49. The fourth-order valence-electron chi connectivity index (χ4n) is 2.64. The van der Waals surface area contributed by atoms with E-state index < -0.39 is 0 Å². The molecule has 0 radical (unpaired) electrons. The molecule has 22 heavy (non-hydrogen) atoms. The van der Waals surface area contributed by atoms with Gasteiger partial charge in [0.2, 0.25) is 0 Å². The molecule has 0 saturated heterocycles. The standard InChI is InChI=1S/C16H14N4O2/c17-12-8-22-14-7-9(1-2-10(12)14)16(21)20-13-4-6-19-15-11(13)3-5-18-15/h1-7,12H,8,17H2,(H2,18,19,20,21)/t12-/m0/s1. The van der Waals surface area contributed by atoms with Crippen LogP contribution in [-0.2, 0) is 0 Å². The molecule has 3 aromatic rings. The van der Waals surface area contributed by atoms with Crippen LogP contribution in [0.15, 0.2) is 42.7 Å². The van der Waals surface area contributed by atoms with Crippen molar-refractivity contribution in [1.29, 1.82) is 0 Å². The molecule has 0 bridgehead atoms. The zero-order chi connectivity index (χ0) is 15.1. The van der Waals surface area contributed by atoms with Crippen LogP contribution in [0.4, 0.5) is 5.69 Å². The number of carbonyl (C=O) groups is 1. The zero-order valence-corrected chi connectivity index (χ0v) is 11.7. The average Bonchev–Trinajstić information content (AvgIpc) is 3.14. The molecule has 0 fully saturated rings. The van der Waals surface area contributed by atoms with Crippen molar-refractivity contribution in [3.63, 3.8) is 0 Å². The van der Waals surface area contributed by atoms with Gasteiger partial charge in [-0.1, -0.05) is 6.07 Å². The summed E-state index contributed by atoms with van der Waals surface area (Å²) in [7, 11) is 0. The van der Waals surface area contributed by atoms with E-state index in [9.17, 15) is 4.79 Å². The first-order chi connectivity index (χ1) is 10.7. The molecule has 6 nitrogen and oxygen atoms in total. The number of nitrogens with zero attached hydrogens (tertiary/aromatic N) is 1. The Hall–Kier alpha value is -2.86. The Morgan fingerprint density at radius 3 is 3.18 bits per heavy atom. The highest BCUT2D eigenvalue weighted by Crippen LogP contribution is 2.32. The van der Waals surface area contributed by atoms with Gasteiger partial charge in [-0.05, 0) is 24.3 Å². The van der Waals surface area contributed by atoms with Crippen LogP contribution < -0.4 is 15.8 Å². The number of pyridine rings is 1. The molecule has 1 aliphatic heterocycles. The number of nitrogens with one attached hydrogen (secondary N) is 2. The van der Waals surface area contributed by atoms with Crippen molar-refractivity contribution in [2.75, 3.05) is 11.9 Å². The first-order valence-corrected chi connectivity index (χ1v) is 6.98. The van der Waals surface area contributed by atoms with E-state index in [2.05, 4.69) is 15.3 Å². The van der Waals surface area contributed by atoms with Crippen molar-refractivity contribution < 1.29 is 9.53 Å². The molecular formula is C16H14N4O2. The molecule has 3 heterocycles. The predicted molar refractivity (Wildman–Crippen MR) is 82.9 cm³/mol. The van der Waals surface area contributed by atoms with Gasteiger partial charge in [-0.25, -0.2) is 4.98 Å². The van der Waals surface area contributed by atoms with E-state index in [1.54, 1.807) is 30.6 Å². The second-order valence-corrected chi connectivity index (χ2v) is 5.22. The number of ether oxygens (including phenoxy) is 1. The molecule has 0 aliphatic carbocycles. The van der Waals surface area contributed by atoms with Crippen LogP contribution in [0.5, 0.6) is 5.75 Å². The predicted octanol–water partition coefficient (Wildman–Crippen LogP) is 2.21. The number of anilines is 1. The molecule has 2 aromatic heterocycles. The number of aromatic nitrogens is 2. The normalized spacial score (nSPS) is 16.3. The van der Waals surface area contributed by atoms with Gasteiger partial charge in [-0.15, -0.1) is 0 Å². The van der Waals surface area contributed by atoms with E-state index in [0.29, 0.717) is 17.9 Å². The van der Waals surface area contributed by atoms with E-state index in [4.69, 9.17) is 10.5 Å². The third-order valence-electron chi connectivity index (χ3n) is 3.80. The number of hydrogen-bond acceptors (Lipinski definition) is 4. The molecule has 1 aliphatic rings. The highest BCUT2D eigenvalue weighted by atomic mass is 16.5. The van der Waals surface area contributed by atoms with Crippen LogP contribution in [-0.4, -0.2) is 22.5 Å². The summed E-state index contributed by atoms with van der Waals surface area (Å²) in [5, 5.41) is 3.77. The Labute approximate surface area is 126 Å².